The molecular weight excluding hydrogens is 262 g/mol. The minimum Gasteiger partial charge on any atom is -0.388 e. The number of aliphatic hydroxyl groups is 1. The van der Waals surface area contributed by atoms with Gasteiger partial charge in [0.05, 0.1) is 5.60 Å². The van der Waals surface area contributed by atoms with Crippen LogP contribution in [0.2, 0.25) is 0 Å². The number of hydrogen-bond donors (Lipinski definition) is 3. The molecule has 2 heterocycles. The van der Waals surface area contributed by atoms with Gasteiger partial charge in [-0.25, -0.2) is 4.79 Å². The minimum absolute atomic E-state index is 0.276. The number of imidazole rings is 1. The first-order chi connectivity index (χ1) is 9.41. The molecule has 1 fully saturated rings. The molecule has 3 N–H and O–H groups in total. The van der Waals surface area contributed by atoms with Gasteiger partial charge in [0.2, 0.25) is 5.95 Å². The lowest BCUT2D eigenvalue weighted by Gasteiger charge is -2.36. The van der Waals surface area contributed by atoms with Gasteiger partial charge in [-0.3, -0.25) is 13.9 Å². The molecule has 8 heteroatoms. The molecule has 108 valence electrons. The number of anilines is 1. The van der Waals surface area contributed by atoms with E-state index in [1.807, 2.05) is 0 Å². The van der Waals surface area contributed by atoms with E-state index in [1.165, 1.54) is 11.6 Å². The molecule has 1 saturated carbocycles. The van der Waals surface area contributed by atoms with Gasteiger partial charge in [0.15, 0.2) is 11.2 Å². The molecule has 0 saturated heterocycles. The summed E-state index contributed by atoms with van der Waals surface area (Å²) in [5.41, 5.74) is -0.932. The van der Waals surface area contributed by atoms with Crippen molar-refractivity contribution in [2.75, 3.05) is 11.9 Å². The van der Waals surface area contributed by atoms with E-state index in [1.54, 1.807) is 7.05 Å². The highest BCUT2D eigenvalue weighted by molar-refractivity contribution is 5.72. The fraction of sp³-hybridized carbons (Fsp3) is 0.583. The molecule has 3 rings (SSSR count). The van der Waals surface area contributed by atoms with E-state index in [9.17, 15) is 14.7 Å². The monoisotopic (exact) mass is 279 g/mol. The first kappa shape index (κ1) is 12.9. The maximum atomic E-state index is 12.0. The van der Waals surface area contributed by atoms with Gasteiger partial charge in [-0.05, 0) is 19.3 Å². The van der Waals surface area contributed by atoms with Crippen molar-refractivity contribution >= 4 is 17.1 Å². The number of nitrogens with zero attached hydrogens (tertiary/aromatic N) is 3. The predicted octanol–water partition coefficient (Wildman–Crippen LogP) is -0.713. The first-order valence-electron chi connectivity index (χ1n) is 6.53. The van der Waals surface area contributed by atoms with Crippen molar-refractivity contribution in [3.8, 4) is 0 Å². The van der Waals surface area contributed by atoms with E-state index in [0.717, 1.165) is 23.8 Å². The summed E-state index contributed by atoms with van der Waals surface area (Å²) in [6, 6.07) is 0. The highest BCUT2D eigenvalue weighted by Crippen LogP contribution is 2.31. The van der Waals surface area contributed by atoms with Crippen LogP contribution in [0, 0.1) is 0 Å². The van der Waals surface area contributed by atoms with Crippen LogP contribution in [0.4, 0.5) is 5.95 Å². The largest absolute Gasteiger partial charge is 0.388 e. The van der Waals surface area contributed by atoms with Crippen molar-refractivity contribution in [2.24, 2.45) is 14.1 Å². The normalized spacial score (nSPS) is 17.1. The number of nitrogens with one attached hydrogen (secondary N) is 2. The molecule has 20 heavy (non-hydrogen) atoms. The Labute approximate surface area is 114 Å². The van der Waals surface area contributed by atoms with Crippen LogP contribution in [-0.4, -0.2) is 36.4 Å². The van der Waals surface area contributed by atoms with E-state index < -0.39 is 16.9 Å². The Hall–Kier alpha value is -2.09. The second-order valence-corrected chi connectivity index (χ2v) is 5.42. The first-order valence-corrected chi connectivity index (χ1v) is 6.53. The average Bonchev–Trinajstić information content (AvgIpc) is 2.83. The summed E-state index contributed by atoms with van der Waals surface area (Å²) in [5, 5.41) is 13.0. The zero-order chi connectivity index (χ0) is 14.5. The van der Waals surface area contributed by atoms with Crippen LogP contribution in [-0.2, 0) is 14.1 Å². The molecule has 0 bridgehead atoms. The van der Waals surface area contributed by atoms with Gasteiger partial charge in [0.1, 0.15) is 0 Å². The van der Waals surface area contributed by atoms with Crippen molar-refractivity contribution in [3.63, 3.8) is 0 Å². The van der Waals surface area contributed by atoms with Crippen LogP contribution in [0.5, 0.6) is 0 Å². The van der Waals surface area contributed by atoms with E-state index in [0.29, 0.717) is 18.1 Å². The predicted molar refractivity (Wildman–Crippen MR) is 73.9 cm³/mol. The van der Waals surface area contributed by atoms with E-state index in [2.05, 4.69) is 15.3 Å². The molecule has 0 aliphatic heterocycles. The van der Waals surface area contributed by atoms with Crippen molar-refractivity contribution in [1.82, 2.24) is 19.1 Å². The molecule has 0 spiro atoms. The van der Waals surface area contributed by atoms with Crippen molar-refractivity contribution in [2.45, 2.75) is 24.9 Å². The molecule has 0 radical (unpaired) electrons. The summed E-state index contributed by atoms with van der Waals surface area (Å²) in [6.45, 7) is 0.376. The summed E-state index contributed by atoms with van der Waals surface area (Å²) in [5.74, 6) is 0.388. The molecule has 8 nitrogen and oxygen atoms in total. The summed E-state index contributed by atoms with van der Waals surface area (Å²) in [4.78, 5) is 30.9. The lowest BCUT2D eigenvalue weighted by atomic mass is 9.80. The molecule has 2 aromatic rings. The number of aromatic amines is 1. The van der Waals surface area contributed by atoms with E-state index in [-0.39, 0.29) is 5.52 Å². The fourth-order valence-electron chi connectivity index (χ4n) is 2.42. The van der Waals surface area contributed by atoms with Gasteiger partial charge >= 0.3 is 5.69 Å². The maximum absolute atomic E-state index is 12.0. The zero-order valence-corrected chi connectivity index (χ0v) is 11.4. The van der Waals surface area contributed by atoms with Gasteiger partial charge in [0, 0.05) is 20.6 Å². The van der Waals surface area contributed by atoms with Gasteiger partial charge in [-0.1, -0.05) is 0 Å². The Kier molecular flexibility index (Phi) is 2.72. The summed E-state index contributed by atoms with van der Waals surface area (Å²) >= 11 is 0. The van der Waals surface area contributed by atoms with Crippen LogP contribution in [0.15, 0.2) is 9.59 Å². The summed E-state index contributed by atoms with van der Waals surface area (Å²) < 4.78 is 2.35. The summed E-state index contributed by atoms with van der Waals surface area (Å²) in [7, 11) is 2.99. The Morgan fingerprint density at radius 1 is 1.35 bits per heavy atom. The molecule has 0 unspecified atom stereocenters. The molecule has 0 amide bonds. The quantitative estimate of drug-likeness (QED) is 0.688. The lowest BCUT2D eigenvalue weighted by Crippen LogP contribution is -2.43. The van der Waals surface area contributed by atoms with Crippen LogP contribution >= 0.6 is 0 Å². The maximum Gasteiger partial charge on any atom is 0.332 e. The topological polar surface area (TPSA) is 105 Å². The van der Waals surface area contributed by atoms with Crippen molar-refractivity contribution in [1.29, 1.82) is 0 Å². The molecule has 1 aliphatic carbocycles. The highest BCUT2D eigenvalue weighted by Gasteiger charge is 2.34. The minimum atomic E-state index is -0.685. The second-order valence-electron chi connectivity index (χ2n) is 5.42. The van der Waals surface area contributed by atoms with Crippen LogP contribution in [0.1, 0.15) is 19.3 Å². The Morgan fingerprint density at radius 3 is 2.65 bits per heavy atom. The van der Waals surface area contributed by atoms with Crippen molar-refractivity contribution in [3.05, 3.63) is 20.8 Å². The molecular formula is C12H17N5O3. The third-order valence-corrected chi connectivity index (χ3v) is 3.96. The summed E-state index contributed by atoms with van der Waals surface area (Å²) in [6.07, 6.45) is 2.55. The van der Waals surface area contributed by atoms with Crippen LogP contribution in [0.25, 0.3) is 11.2 Å². The van der Waals surface area contributed by atoms with Gasteiger partial charge in [-0.15, -0.1) is 0 Å². The number of fused-ring (bicyclic) bond motifs is 1. The number of aryl methyl sites for hydroxylation is 1. The van der Waals surface area contributed by atoms with E-state index >= 15 is 0 Å². The fourth-order valence-corrected chi connectivity index (χ4v) is 2.42. The SMILES string of the molecule is Cn1c(=O)c2[nH]c(NCC3(O)CCC3)nc2n(C)c1=O. The van der Waals surface area contributed by atoms with Gasteiger partial charge in [-0.2, -0.15) is 4.98 Å². The smallest absolute Gasteiger partial charge is 0.332 e. The second kappa shape index (κ2) is 4.20. The standard InChI is InChI=1S/C12H17N5O3/c1-16-8-7(9(18)17(2)11(16)19)14-10(15-8)13-6-12(20)4-3-5-12/h20H,3-6H2,1-2H3,(H2,13,14,15). The molecule has 1 aliphatic rings. The lowest BCUT2D eigenvalue weighted by molar-refractivity contribution is -0.0203. The molecule has 0 aromatic carbocycles. The van der Waals surface area contributed by atoms with Crippen LogP contribution < -0.4 is 16.6 Å². The van der Waals surface area contributed by atoms with E-state index in [4.69, 9.17) is 0 Å². The average molecular weight is 279 g/mol. The molecule has 2 aromatic heterocycles. The Balaban J connectivity index is 1.98. The Bertz CT molecular complexity index is 781. The highest BCUT2D eigenvalue weighted by atomic mass is 16.3. The zero-order valence-electron chi connectivity index (χ0n) is 11.4. The third-order valence-electron chi connectivity index (χ3n) is 3.96. The number of hydrogen-bond acceptors (Lipinski definition) is 5. The van der Waals surface area contributed by atoms with Gasteiger partial charge in [0.25, 0.3) is 5.56 Å². The Morgan fingerprint density at radius 2 is 2.05 bits per heavy atom. The van der Waals surface area contributed by atoms with Crippen molar-refractivity contribution < 1.29 is 5.11 Å². The third kappa shape index (κ3) is 1.83. The number of H-pyrrole nitrogens is 1. The molecule has 0 atom stereocenters. The number of aromatic nitrogens is 4. The number of rotatable bonds is 3. The van der Waals surface area contributed by atoms with Crippen LogP contribution in [0.3, 0.4) is 0 Å². The van der Waals surface area contributed by atoms with Gasteiger partial charge < -0.3 is 15.4 Å².